The maximum atomic E-state index is 10.5. The van der Waals surface area contributed by atoms with Gasteiger partial charge in [0.25, 0.3) is 0 Å². The molecular weight excluding hydrogens is 190 g/mol. The molecule has 0 unspecified atom stereocenters. The van der Waals surface area contributed by atoms with Crippen molar-refractivity contribution in [3.63, 3.8) is 0 Å². The standard InChI is InChI=1S/C9H10ClNO2/c1-7(12)11-6-2-3-8-4-5-9(10)13-8/h2-5H,6H2,1H3,(H,11,12). The van der Waals surface area contributed by atoms with E-state index >= 15 is 0 Å². The summed E-state index contributed by atoms with van der Waals surface area (Å²) >= 11 is 5.55. The number of furan rings is 1. The number of rotatable bonds is 3. The van der Waals surface area contributed by atoms with Crippen molar-refractivity contribution < 1.29 is 9.21 Å². The maximum absolute atomic E-state index is 10.5. The second-order valence-electron chi connectivity index (χ2n) is 2.48. The molecule has 1 amide bonds. The quantitative estimate of drug-likeness (QED) is 0.810. The van der Waals surface area contributed by atoms with Gasteiger partial charge in [0.2, 0.25) is 5.91 Å². The number of nitrogens with one attached hydrogen (secondary N) is 1. The van der Waals surface area contributed by atoms with Crippen LogP contribution in [0.25, 0.3) is 6.08 Å². The highest BCUT2D eigenvalue weighted by atomic mass is 35.5. The fourth-order valence-corrected chi connectivity index (χ4v) is 0.948. The van der Waals surface area contributed by atoms with E-state index in [0.29, 0.717) is 17.5 Å². The Morgan fingerprint density at radius 3 is 3.00 bits per heavy atom. The number of carbonyl (C=O) groups is 1. The van der Waals surface area contributed by atoms with E-state index in [4.69, 9.17) is 16.0 Å². The number of carbonyl (C=O) groups excluding carboxylic acids is 1. The van der Waals surface area contributed by atoms with E-state index < -0.39 is 0 Å². The summed E-state index contributed by atoms with van der Waals surface area (Å²) in [5, 5.41) is 2.98. The van der Waals surface area contributed by atoms with Crippen molar-refractivity contribution in [2.75, 3.05) is 6.54 Å². The van der Waals surface area contributed by atoms with Gasteiger partial charge in [-0.1, -0.05) is 6.08 Å². The van der Waals surface area contributed by atoms with E-state index in [1.165, 1.54) is 6.92 Å². The Bertz CT molecular complexity index is 317. The lowest BCUT2D eigenvalue weighted by atomic mass is 10.4. The van der Waals surface area contributed by atoms with Crippen LogP contribution in [0.5, 0.6) is 0 Å². The highest BCUT2D eigenvalue weighted by Crippen LogP contribution is 2.13. The molecule has 1 aromatic rings. The molecular formula is C9H10ClNO2. The molecule has 13 heavy (non-hydrogen) atoms. The van der Waals surface area contributed by atoms with Gasteiger partial charge in [-0.25, -0.2) is 0 Å². The zero-order chi connectivity index (χ0) is 9.68. The molecule has 0 radical (unpaired) electrons. The summed E-state index contributed by atoms with van der Waals surface area (Å²) in [6.45, 7) is 1.96. The Kier molecular flexibility index (Phi) is 3.58. The van der Waals surface area contributed by atoms with Crippen LogP contribution in [0.15, 0.2) is 22.6 Å². The van der Waals surface area contributed by atoms with Crippen LogP contribution in [0.3, 0.4) is 0 Å². The molecule has 0 aliphatic rings. The molecule has 0 bridgehead atoms. The zero-order valence-electron chi connectivity index (χ0n) is 7.21. The van der Waals surface area contributed by atoms with Gasteiger partial charge in [0.1, 0.15) is 5.76 Å². The fraction of sp³-hybridized carbons (Fsp3) is 0.222. The molecule has 1 aromatic heterocycles. The van der Waals surface area contributed by atoms with Gasteiger partial charge in [-0.2, -0.15) is 0 Å². The molecule has 1 heterocycles. The second kappa shape index (κ2) is 4.72. The Morgan fingerprint density at radius 1 is 1.69 bits per heavy atom. The summed E-state index contributed by atoms with van der Waals surface area (Å²) in [5.74, 6) is 0.623. The number of hydrogen-bond acceptors (Lipinski definition) is 2. The van der Waals surface area contributed by atoms with Gasteiger partial charge in [0.15, 0.2) is 5.22 Å². The summed E-state index contributed by atoms with van der Waals surface area (Å²) in [7, 11) is 0. The van der Waals surface area contributed by atoms with E-state index in [9.17, 15) is 4.79 Å². The molecule has 0 saturated carbocycles. The molecule has 0 aliphatic carbocycles. The summed E-state index contributed by atoms with van der Waals surface area (Å²) in [5.41, 5.74) is 0. The van der Waals surface area contributed by atoms with Crippen molar-refractivity contribution in [1.82, 2.24) is 5.32 Å². The van der Waals surface area contributed by atoms with Gasteiger partial charge >= 0.3 is 0 Å². The normalized spacial score (nSPS) is 10.6. The smallest absolute Gasteiger partial charge is 0.217 e. The zero-order valence-corrected chi connectivity index (χ0v) is 7.97. The molecule has 0 spiro atoms. The maximum Gasteiger partial charge on any atom is 0.217 e. The lowest BCUT2D eigenvalue weighted by Crippen LogP contribution is -2.19. The van der Waals surface area contributed by atoms with Crippen LogP contribution in [0.4, 0.5) is 0 Å². The van der Waals surface area contributed by atoms with Crippen molar-refractivity contribution in [1.29, 1.82) is 0 Å². The SMILES string of the molecule is CC(=O)NCC=Cc1ccc(Cl)o1. The van der Waals surface area contributed by atoms with E-state index in [1.807, 2.05) is 0 Å². The third-order valence-electron chi connectivity index (χ3n) is 1.34. The van der Waals surface area contributed by atoms with Crippen LogP contribution in [0.2, 0.25) is 5.22 Å². The van der Waals surface area contributed by atoms with Crippen LogP contribution in [0, 0.1) is 0 Å². The summed E-state index contributed by atoms with van der Waals surface area (Å²) < 4.78 is 5.06. The van der Waals surface area contributed by atoms with Gasteiger partial charge in [0.05, 0.1) is 0 Å². The molecule has 4 heteroatoms. The summed E-state index contributed by atoms with van der Waals surface area (Å²) in [6.07, 6.45) is 3.54. The van der Waals surface area contributed by atoms with Crippen LogP contribution in [0.1, 0.15) is 12.7 Å². The van der Waals surface area contributed by atoms with E-state index in [0.717, 1.165) is 0 Å². The van der Waals surface area contributed by atoms with Crippen LogP contribution < -0.4 is 5.32 Å². The minimum absolute atomic E-state index is 0.0536. The van der Waals surface area contributed by atoms with Gasteiger partial charge < -0.3 is 9.73 Å². The highest BCUT2D eigenvalue weighted by Gasteiger charge is 1.93. The lowest BCUT2D eigenvalue weighted by Gasteiger charge is -1.93. The molecule has 3 nitrogen and oxygen atoms in total. The van der Waals surface area contributed by atoms with Gasteiger partial charge in [-0.3, -0.25) is 4.79 Å². The van der Waals surface area contributed by atoms with Crippen molar-refractivity contribution >= 4 is 23.6 Å². The summed E-state index contributed by atoms with van der Waals surface area (Å²) in [6, 6.07) is 3.42. The minimum Gasteiger partial charge on any atom is -0.445 e. The summed E-state index contributed by atoms with van der Waals surface area (Å²) in [4.78, 5) is 10.5. The van der Waals surface area contributed by atoms with Crippen LogP contribution in [-0.2, 0) is 4.79 Å². The molecule has 0 saturated heterocycles. The van der Waals surface area contributed by atoms with E-state index in [1.54, 1.807) is 24.3 Å². The molecule has 0 fully saturated rings. The van der Waals surface area contributed by atoms with Crippen LogP contribution >= 0.6 is 11.6 Å². The van der Waals surface area contributed by atoms with Crippen molar-refractivity contribution in [2.24, 2.45) is 0 Å². The predicted molar refractivity (Wildman–Crippen MR) is 51.4 cm³/mol. The first-order valence-corrected chi connectivity index (χ1v) is 4.22. The number of halogens is 1. The monoisotopic (exact) mass is 199 g/mol. The predicted octanol–water partition coefficient (Wildman–Crippen LogP) is 2.08. The lowest BCUT2D eigenvalue weighted by molar-refractivity contribution is -0.118. The third-order valence-corrected chi connectivity index (χ3v) is 1.55. The van der Waals surface area contributed by atoms with Crippen molar-refractivity contribution in [3.05, 3.63) is 29.2 Å². The first-order chi connectivity index (χ1) is 6.18. The fourth-order valence-electron chi connectivity index (χ4n) is 0.796. The van der Waals surface area contributed by atoms with Crippen molar-refractivity contribution in [3.8, 4) is 0 Å². The number of hydrogen-bond donors (Lipinski definition) is 1. The molecule has 70 valence electrons. The number of amides is 1. The molecule has 1 N–H and O–H groups in total. The van der Waals surface area contributed by atoms with Gasteiger partial charge in [-0.15, -0.1) is 0 Å². The molecule has 0 atom stereocenters. The average molecular weight is 200 g/mol. The molecule has 0 aromatic carbocycles. The first kappa shape index (κ1) is 9.86. The Labute approximate surface area is 81.4 Å². The topological polar surface area (TPSA) is 42.2 Å². The largest absolute Gasteiger partial charge is 0.445 e. The van der Waals surface area contributed by atoms with E-state index in [2.05, 4.69) is 5.32 Å². The Morgan fingerprint density at radius 2 is 2.46 bits per heavy atom. The Balaban J connectivity index is 2.36. The second-order valence-corrected chi connectivity index (χ2v) is 2.85. The minimum atomic E-state index is -0.0536. The van der Waals surface area contributed by atoms with Gasteiger partial charge in [0, 0.05) is 13.5 Å². The molecule has 0 aliphatic heterocycles. The van der Waals surface area contributed by atoms with Crippen LogP contribution in [-0.4, -0.2) is 12.5 Å². The van der Waals surface area contributed by atoms with Crippen molar-refractivity contribution in [2.45, 2.75) is 6.92 Å². The average Bonchev–Trinajstić information content (AvgIpc) is 2.45. The molecule has 1 rings (SSSR count). The van der Waals surface area contributed by atoms with Gasteiger partial charge in [-0.05, 0) is 29.8 Å². The highest BCUT2D eigenvalue weighted by molar-refractivity contribution is 6.28. The first-order valence-electron chi connectivity index (χ1n) is 3.85. The third kappa shape index (κ3) is 3.80. The Hall–Kier alpha value is -1.22. The van der Waals surface area contributed by atoms with E-state index in [-0.39, 0.29) is 5.91 Å².